The van der Waals surface area contributed by atoms with Gasteiger partial charge in [-0.1, -0.05) is 6.58 Å². The summed E-state index contributed by atoms with van der Waals surface area (Å²) >= 11 is 0. The fourth-order valence-corrected chi connectivity index (χ4v) is 2.30. The summed E-state index contributed by atoms with van der Waals surface area (Å²) in [6.07, 6.45) is 7.33. The second-order valence-corrected chi connectivity index (χ2v) is 3.93. The first-order valence-electron chi connectivity index (χ1n) is 4.62. The maximum atomic E-state index is 5.20. The van der Waals surface area contributed by atoms with Crippen LogP contribution in [0, 0.1) is 17.8 Å². The molecule has 0 amide bonds. The Balaban J connectivity index is 1.72. The van der Waals surface area contributed by atoms with Gasteiger partial charge in [0.25, 0.3) is 0 Å². The van der Waals surface area contributed by atoms with E-state index in [0.717, 1.165) is 24.4 Å². The predicted octanol–water partition coefficient (Wildman–Crippen LogP) is 2.58. The molecular formula is C10H16O. The molecular weight excluding hydrogens is 136 g/mol. The third-order valence-corrected chi connectivity index (χ3v) is 3.10. The van der Waals surface area contributed by atoms with Gasteiger partial charge in [-0.05, 0) is 43.4 Å². The molecule has 0 spiro atoms. The predicted molar refractivity (Wildman–Crippen MR) is 45.1 cm³/mol. The lowest BCUT2D eigenvalue weighted by Gasteiger charge is -2.19. The summed E-state index contributed by atoms with van der Waals surface area (Å²) in [5.74, 6) is 3.01. The van der Waals surface area contributed by atoms with Crippen molar-refractivity contribution in [3.05, 3.63) is 12.8 Å². The Kier molecular flexibility index (Phi) is 1.89. The first kappa shape index (κ1) is 7.20. The summed E-state index contributed by atoms with van der Waals surface area (Å²) in [6, 6.07) is 0. The maximum absolute atomic E-state index is 5.20. The molecule has 2 aliphatic carbocycles. The van der Waals surface area contributed by atoms with Crippen LogP contribution in [-0.2, 0) is 4.74 Å². The third kappa shape index (κ3) is 1.58. The molecule has 0 aromatic rings. The second kappa shape index (κ2) is 2.88. The lowest BCUT2D eigenvalue weighted by molar-refractivity contribution is 0.163. The van der Waals surface area contributed by atoms with E-state index in [0.29, 0.717) is 0 Å². The van der Waals surface area contributed by atoms with Gasteiger partial charge in [0.1, 0.15) is 0 Å². The van der Waals surface area contributed by atoms with Crippen LogP contribution >= 0.6 is 0 Å². The minimum Gasteiger partial charge on any atom is -0.502 e. The molecule has 0 N–H and O–H groups in total. The molecule has 11 heavy (non-hydrogen) atoms. The topological polar surface area (TPSA) is 9.23 Å². The molecule has 3 atom stereocenters. The van der Waals surface area contributed by atoms with Crippen LogP contribution in [0.4, 0.5) is 0 Å². The summed E-state index contributed by atoms with van der Waals surface area (Å²) in [6.45, 7) is 4.46. The molecule has 62 valence electrons. The van der Waals surface area contributed by atoms with E-state index in [4.69, 9.17) is 4.74 Å². The Morgan fingerprint density at radius 1 is 1.27 bits per heavy atom. The van der Waals surface area contributed by atoms with Gasteiger partial charge < -0.3 is 4.74 Å². The highest BCUT2D eigenvalue weighted by Crippen LogP contribution is 2.51. The minimum atomic E-state index is 0.830. The van der Waals surface area contributed by atoms with Crippen molar-refractivity contribution >= 4 is 0 Å². The Hall–Kier alpha value is -0.460. The van der Waals surface area contributed by atoms with Gasteiger partial charge in [-0.15, -0.1) is 0 Å². The lowest BCUT2D eigenvalue weighted by atomic mass is 9.90. The molecule has 0 aromatic carbocycles. The number of rotatable bonds is 3. The average molecular weight is 152 g/mol. The van der Waals surface area contributed by atoms with Gasteiger partial charge in [-0.25, -0.2) is 0 Å². The van der Waals surface area contributed by atoms with Gasteiger partial charge in [0, 0.05) is 0 Å². The molecule has 2 fully saturated rings. The van der Waals surface area contributed by atoms with E-state index >= 15 is 0 Å². The highest BCUT2D eigenvalue weighted by Gasteiger charge is 2.41. The van der Waals surface area contributed by atoms with Crippen molar-refractivity contribution in [3.63, 3.8) is 0 Å². The maximum Gasteiger partial charge on any atom is 0.0901 e. The van der Waals surface area contributed by atoms with Crippen LogP contribution in [0.5, 0.6) is 0 Å². The summed E-state index contributed by atoms with van der Waals surface area (Å²) in [5, 5.41) is 0. The van der Waals surface area contributed by atoms with E-state index in [2.05, 4.69) is 6.58 Å². The summed E-state index contributed by atoms with van der Waals surface area (Å²) in [5.41, 5.74) is 0. The summed E-state index contributed by atoms with van der Waals surface area (Å²) in [4.78, 5) is 0. The molecule has 1 nitrogen and oxygen atoms in total. The smallest absolute Gasteiger partial charge is 0.0901 e. The molecule has 0 aliphatic heterocycles. The largest absolute Gasteiger partial charge is 0.502 e. The van der Waals surface area contributed by atoms with Gasteiger partial charge in [0.2, 0.25) is 0 Å². The quantitative estimate of drug-likeness (QED) is 0.565. The van der Waals surface area contributed by atoms with Crippen LogP contribution in [0.1, 0.15) is 25.7 Å². The van der Waals surface area contributed by atoms with Gasteiger partial charge in [0.05, 0.1) is 12.9 Å². The zero-order valence-electron chi connectivity index (χ0n) is 6.96. The van der Waals surface area contributed by atoms with E-state index in [1.54, 1.807) is 6.26 Å². The monoisotopic (exact) mass is 152 g/mol. The van der Waals surface area contributed by atoms with Crippen molar-refractivity contribution in [2.24, 2.45) is 17.8 Å². The minimum absolute atomic E-state index is 0.830. The summed E-state index contributed by atoms with van der Waals surface area (Å²) in [7, 11) is 0. The SMILES string of the molecule is C=COCC1CCC2CC2C1. The van der Waals surface area contributed by atoms with Crippen molar-refractivity contribution < 1.29 is 4.74 Å². The van der Waals surface area contributed by atoms with Gasteiger partial charge in [0.15, 0.2) is 0 Å². The number of hydrogen-bond donors (Lipinski definition) is 0. The van der Waals surface area contributed by atoms with Gasteiger partial charge in [-0.3, -0.25) is 0 Å². The van der Waals surface area contributed by atoms with Crippen LogP contribution in [0.2, 0.25) is 0 Å². The van der Waals surface area contributed by atoms with Crippen LogP contribution in [0.25, 0.3) is 0 Å². The van der Waals surface area contributed by atoms with E-state index in [-0.39, 0.29) is 0 Å². The number of fused-ring (bicyclic) bond motifs is 1. The number of ether oxygens (including phenoxy) is 1. The van der Waals surface area contributed by atoms with E-state index in [1.165, 1.54) is 25.7 Å². The normalized spacial score (nSPS) is 40.9. The fraction of sp³-hybridized carbons (Fsp3) is 0.800. The highest BCUT2D eigenvalue weighted by atomic mass is 16.5. The highest BCUT2D eigenvalue weighted by molar-refractivity contribution is 4.92. The Bertz CT molecular complexity index is 153. The standard InChI is InChI=1S/C10H16O/c1-2-11-7-8-3-4-9-6-10(9)5-8/h2,8-10H,1,3-7H2. The van der Waals surface area contributed by atoms with E-state index in [9.17, 15) is 0 Å². The van der Waals surface area contributed by atoms with E-state index < -0.39 is 0 Å². The number of hydrogen-bond acceptors (Lipinski definition) is 1. The molecule has 2 rings (SSSR count). The lowest BCUT2D eigenvalue weighted by Crippen LogP contribution is -2.13. The van der Waals surface area contributed by atoms with Crippen molar-refractivity contribution in [2.45, 2.75) is 25.7 Å². The van der Waals surface area contributed by atoms with Crippen molar-refractivity contribution in [1.82, 2.24) is 0 Å². The molecule has 0 bridgehead atoms. The molecule has 0 saturated heterocycles. The average Bonchev–Trinajstić information content (AvgIpc) is 2.78. The molecule has 2 saturated carbocycles. The third-order valence-electron chi connectivity index (χ3n) is 3.10. The molecule has 0 radical (unpaired) electrons. The van der Waals surface area contributed by atoms with Crippen LogP contribution in [0.3, 0.4) is 0 Å². The molecule has 2 aliphatic rings. The van der Waals surface area contributed by atoms with Gasteiger partial charge >= 0.3 is 0 Å². The zero-order valence-corrected chi connectivity index (χ0v) is 6.96. The Morgan fingerprint density at radius 2 is 2.18 bits per heavy atom. The molecule has 0 aromatic heterocycles. The zero-order chi connectivity index (χ0) is 7.68. The first-order chi connectivity index (χ1) is 5.40. The van der Waals surface area contributed by atoms with Crippen molar-refractivity contribution in [2.75, 3.05) is 6.61 Å². The van der Waals surface area contributed by atoms with Gasteiger partial charge in [-0.2, -0.15) is 0 Å². The fourth-order valence-electron chi connectivity index (χ4n) is 2.30. The van der Waals surface area contributed by atoms with Crippen LogP contribution < -0.4 is 0 Å². The van der Waals surface area contributed by atoms with E-state index in [1.807, 2.05) is 0 Å². The molecule has 3 unspecified atom stereocenters. The first-order valence-corrected chi connectivity index (χ1v) is 4.62. The molecule has 0 heterocycles. The van der Waals surface area contributed by atoms with Crippen LogP contribution in [-0.4, -0.2) is 6.61 Å². The second-order valence-electron chi connectivity index (χ2n) is 3.93. The summed E-state index contributed by atoms with van der Waals surface area (Å²) < 4.78 is 5.20. The Labute approximate surface area is 68.4 Å². The molecule has 1 heteroatoms. The Morgan fingerprint density at radius 3 is 2.91 bits per heavy atom. The van der Waals surface area contributed by atoms with Crippen LogP contribution in [0.15, 0.2) is 12.8 Å². The van der Waals surface area contributed by atoms with Crippen molar-refractivity contribution in [1.29, 1.82) is 0 Å². The van der Waals surface area contributed by atoms with Crippen molar-refractivity contribution in [3.8, 4) is 0 Å².